The molecule has 0 nitrogen and oxygen atoms in total. The van der Waals surface area contributed by atoms with Gasteiger partial charge >= 0.3 is 0 Å². The van der Waals surface area contributed by atoms with Gasteiger partial charge in [0.1, 0.15) is 0 Å². The van der Waals surface area contributed by atoms with E-state index in [2.05, 4.69) is 73.6 Å². The average molecular weight is 417 g/mol. The molecule has 0 saturated carbocycles. The van der Waals surface area contributed by atoms with Gasteiger partial charge in [0.15, 0.2) is 0 Å². The number of hydrogen-bond donors (Lipinski definition) is 0. The van der Waals surface area contributed by atoms with Gasteiger partial charge in [0.25, 0.3) is 0 Å². The van der Waals surface area contributed by atoms with Crippen LogP contribution in [0.4, 0.5) is 0 Å². The molecule has 0 fully saturated rings. The lowest BCUT2D eigenvalue weighted by Crippen LogP contribution is -2.00. The van der Waals surface area contributed by atoms with E-state index in [1.807, 2.05) is 0 Å². The first-order chi connectivity index (χ1) is 14.2. The lowest BCUT2D eigenvalue weighted by molar-refractivity contribution is 0.389. The fourth-order valence-electron chi connectivity index (χ4n) is 4.13. The van der Waals surface area contributed by atoms with Gasteiger partial charge in [-0.25, -0.2) is 0 Å². The van der Waals surface area contributed by atoms with Crippen molar-refractivity contribution in [3.05, 3.63) is 34.9 Å². The summed E-state index contributed by atoms with van der Waals surface area (Å²) in [6.45, 7) is 18.6. The van der Waals surface area contributed by atoms with Crippen LogP contribution in [0.15, 0.2) is 34.9 Å². The van der Waals surface area contributed by atoms with Gasteiger partial charge in [-0.2, -0.15) is 0 Å². The monoisotopic (exact) mass is 416 g/mol. The highest BCUT2D eigenvalue weighted by molar-refractivity contribution is 5.05. The van der Waals surface area contributed by atoms with E-state index in [1.165, 1.54) is 89.0 Å². The fraction of sp³-hybridized carbons (Fsp3) is 0.800. The predicted molar refractivity (Wildman–Crippen MR) is 140 cm³/mol. The summed E-state index contributed by atoms with van der Waals surface area (Å²) in [7, 11) is 0. The van der Waals surface area contributed by atoms with Gasteiger partial charge in [0.2, 0.25) is 0 Å². The average Bonchev–Trinajstić information content (AvgIpc) is 2.64. The Bertz CT molecular complexity index is 484. The Labute approximate surface area is 191 Å². The first-order valence-electron chi connectivity index (χ1n) is 13.1. The third kappa shape index (κ3) is 20.5. The van der Waals surface area contributed by atoms with E-state index in [1.54, 1.807) is 11.1 Å². The first-order valence-corrected chi connectivity index (χ1v) is 13.1. The fourth-order valence-corrected chi connectivity index (χ4v) is 4.13. The van der Waals surface area contributed by atoms with Crippen LogP contribution < -0.4 is 0 Å². The Morgan fingerprint density at radius 1 is 0.533 bits per heavy atom. The lowest BCUT2D eigenvalue weighted by atomic mass is 9.92. The maximum atomic E-state index is 2.50. The summed E-state index contributed by atoms with van der Waals surface area (Å²) >= 11 is 0. The second kappa shape index (κ2) is 18.9. The highest BCUT2D eigenvalue weighted by Crippen LogP contribution is 2.21. The van der Waals surface area contributed by atoms with Crippen molar-refractivity contribution in [1.29, 1.82) is 0 Å². The van der Waals surface area contributed by atoms with E-state index in [0.717, 1.165) is 17.8 Å². The molecule has 176 valence electrons. The summed E-state index contributed by atoms with van der Waals surface area (Å²) < 4.78 is 0. The molecule has 0 saturated heterocycles. The standard InChI is InChI=1S/C30H56/c1-25(2)15-11-19-29(7)23-13-21-27(5)17-9-10-18-28(6)22-14-24-30(8)20-12-16-26(3)4/h15,17,23,26,28,30H,9-14,16,18-22,24H2,1-8H3/b27-17+,29-23-. The van der Waals surface area contributed by atoms with Crippen molar-refractivity contribution in [3.63, 3.8) is 0 Å². The molecule has 0 aliphatic carbocycles. The maximum absolute atomic E-state index is 2.50. The van der Waals surface area contributed by atoms with Crippen molar-refractivity contribution in [3.8, 4) is 0 Å². The van der Waals surface area contributed by atoms with Gasteiger partial charge < -0.3 is 0 Å². The Morgan fingerprint density at radius 2 is 0.967 bits per heavy atom. The molecule has 0 heteroatoms. The van der Waals surface area contributed by atoms with Crippen LogP contribution in [-0.2, 0) is 0 Å². The molecule has 2 unspecified atom stereocenters. The summed E-state index contributed by atoms with van der Waals surface area (Å²) in [5.41, 5.74) is 4.55. The zero-order valence-corrected chi connectivity index (χ0v) is 22.2. The number of allylic oxidation sites excluding steroid dienone is 6. The molecule has 0 aromatic carbocycles. The van der Waals surface area contributed by atoms with Gasteiger partial charge in [-0.05, 0) is 84.0 Å². The number of hydrogen-bond acceptors (Lipinski definition) is 0. The highest BCUT2D eigenvalue weighted by Gasteiger charge is 2.06. The SMILES string of the molecule is CC(C)=CCC/C(C)=C\CC/C(C)=C/CCCC(C)CCCC(C)CCCC(C)C. The Kier molecular flexibility index (Phi) is 18.5. The molecule has 0 aromatic heterocycles. The van der Waals surface area contributed by atoms with E-state index < -0.39 is 0 Å². The zero-order valence-electron chi connectivity index (χ0n) is 22.2. The van der Waals surface area contributed by atoms with Gasteiger partial charge in [-0.1, -0.05) is 108 Å². The Morgan fingerprint density at radius 3 is 1.47 bits per heavy atom. The minimum Gasteiger partial charge on any atom is -0.0856 e. The Balaban J connectivity index is 3.78. The van der Waals surface area contributed by atoms with Gasteiger partial charge in [-0.3, -0.25) is 0 Å². The third-order valence-corrected chi connectivity index (χ3v) is 6.39. The van der Waals surface area contributed by atoms with Crippen LogP contribution in [0.25, 0.3) is 0 Å². The topological polar surface area (TPSA) is 0 Å². The molecular weight excluding hydrogens is 360 g/mol. The van der Waals surface area contributed by atoms with Crippen LogP contribution in [0.3, 0.4) is 0 Å². The molecule has 0 aliphatic heterocycles. The summed E-state index contributed by atoms with van der Waals surface area (Å²) in [5, 5.41) is 0. The minimum absolute atomic E-state index is 0.869. The summed E-state index contributed by atoms with van der Waals surface area (Å²) in [4.78, 5) is 0. The van der Waals surface area contributed by atoms with E-state index >= 15 is 0 Å². The second-order valence-corrected chi connectivity index (χ2v) is 10.9. The van der Waals surface area contributed by atoms with Crippen LogP contribution in [0, 0.1) is 17.8 Å². The summed E-state index contributed by atoms with van der Waals surface area (Å²) in [6, 6.07) is 0. The zero-order chi connectivity index (χ0) is 22.8. The van der Waals surface area contributed by atoms with E-state index in [-0.39, 0.29) is 0 Å². The molecule has 0 radical (unpaired) electrons. The highest BCUT2D eigenvalue weighted by atomic mass is 14.1. The maximum Gasteiger partial charge on any atom is -0.0288 e. The van der Waals surface area contributed by atoms with Crippen LogP contribution in [0.1, 0.15) is 139 Å². The predicted octanol–water partition coefficient (Wildman–Crippen LogP) is 10.8. The van der Waals surface area contributed by atoms with Crippen molar-refractivity contribution < 1.29 is 0 Å². The molecule has 0 rings (SSSR count). The smallest absolute Gasteiger partial charge is 0.0288 e. The van der Waals surface area contributed by atoms with Crippen molar-refractivity contribution >= 4 is 0 Å². The van der Waals surface area contributed by atoms with Gasteiger partial charge in [-0.15, -0.1) is 0 Å². The molecule has 0 amide bonds. The minimum atomic E-state index is 0.869. The summed E-state index contributed by atoms with van der Waals surface area (Å²) in [5.74, 6) is 2.69. The van der Waals surface area contributed by atoms with Crippen molar-refractivity contribution in [2.45, 2.75) is 139 Å². The van der Waals surface area contributed by atoms with Crippen molar-refractivity contribution in [2.75, 3.05) is 0 Å². The third-order valence-electron chi connectivity index (χ3n) is 6.39. The van der Waals surface area contributed by atoms with Gasteiger partial charge in [0, 0.05) is 0 Å². The van der Waals surface area contributed by atoms with E-state index in [0.29, 0.717) is 0 Å². The first kappa shape index (κ1) is 29.2. The van der Waals surface area contributed by atoms with Crippen LogP contribution >= 0.6 is 0 Å². The Hall–Kier alpha value is -0.780. The van der Waals surface area contributed by atoms with Gasteiger partial charge in [0.05, 0.1) is 0 Å². The number of unbranched alkanes of at least 4 members (excludes halogenated alkanes) is 1. The lowest BCUT2D eigenvalue weighted by Gasteiger charge is -2.14. The van der Waals surface area contributed by atoms with E-state index in [4.69, 9.17) is 0 Å². The van der Waals surface area contributed by atoms with Crippen molar-refractivity contribution in [2.24, 2.45) is 17.8 Å². The molecule has 0 aromatic rings. The molecule has 2 atom stereocenters. The second-order valence-electron chi connectivity index (χ2n) is 10.9. The molecule has 0 N–H and O–H groups in total. The van der Waals surface area contributed by atoms with E-state index in [9.17, 15) is 0 Å². The molecule has 0 bridgehead atoms. The quantitative estimate of drug-likeness (QED) is 0.154. The molecule has 0 aliphatic rings. The molecule has 0 spiro atoms. The molecule has 0 heterocycles. The summed E-state index contributed by atoms with van der Waals surface area (Å²) in [6.07, 6.45) is 24.7. The van der Waals surface area contributed by atoms with Crippen molar-refractivity contribution in [1.82, 2.24) is 0 Å². The molecular formula is C30H56. The van der Waals surface area contributed by atoms with Crippen LogP contribution in [0.5, 0.6) is 0 Å². The van der Waals surface area contributed by atoms with Crippen LogP contribution in [0.2, 0.25) is 0 Å². The van der Waals surface area contributed by atoms with Crippen LogP contribution in [-0.4, -0.2) is 0 Å². The largest absolute Gasteiger partial charge is 0.0856 e. The normalized spacial score (nSPS) is 14.8. The molecule has 30 heavy (non-hydrogen) atoms. The number of rotatable bonds is 18.